The number of likely N-dealkylation sites (N-methyl/N-ethyl adjacent to an activating group) is 1. The number of hydrogen-bond acceptors (Lipinski definition) is 5. The van der Waals surface area contributed by atoms with Gasteiger partial charge in [0.25, 0.3) is 0 Å². The molecule has 126 valence electrons. The van der Waals surface area contributed by atoms with Crippen LogP contribution in [0.15, 0.2) is 18.2 Å². The van der Waals surface area contributed by atoms with Crippen LogP contribution in [0.25, 0.3) is 0 Å². The molecule has 2 fully saturated rings. The van der Waals surface area contributed by atoms with Crippen LogP contribution in [0.2, 0.25) is 0 Å². The van der Waals surface area contributed by atoms with Gasteiger partial charge in [-0.3, -0.25) is 14.7 Å². The fraction of sp³-hybridized carbons (Fsp3) is 0.647. The van der Waals surface area contributed by atoms with Crippen molar-refractivity contribution in [1.82, 2.24) is 14.8 Å². The van der Waals surface area contributed by atoms with Crippen LogP contribution in [-0.2, 0) is 20.8 Å². The molecule has 0 saturated carbocycles. The molecule has 6 nitrogen and oxygen atoms in total. The third-order valence-electron chi connectivity index (χ3n) is 4.48. The number of ether oxygens (including phenoxy) is 2. The summed E-state index contributed by atoms with van der Waals surface area (Å²) in [5, 5.41) is 0. The Balaban J connectivity index is 1.72. The summed E-state index contributed by atoms with van der Waals surface area (Å²) in [6, 6.07) is 6.09. The molecule has 2 aliphatic heterocycles. The second-order valence-electron chi connectivity index (χ2n) is 6.41. The molecular formula is C17H25N3O3. The smallest absolute Gasteiger partial charge is 0.248 e. The van der Waals surface area contributed by atoms with Crippen molar-refractivity contribution in [1.29, 1.82) is 0 Å². The van der Waals surface area contributed by atoms with Crippen molar-refractivity contribution in [3.05, 3.63) is 29.6 Å². The molecule has 0 aromatic carbocycles. The molecule has 1 spiro atoms. The highest BCUT2D eigenvalue weighted by Gasteiger charge is 2.42. The number of amides is 1. The minimum absolute atomic E-state index is 0.0641. The number of morpholine rings is 1. The van der Waals surface area contributed by atoms with E-state index in [-0.39, 0.29) is 12.5 Å². The van der Waals surface area contributed by atoms with Crippen LogP contribution in [0.5, 0.6) is 0 Å². The number of aryl methyl sites for hydroxylation is 1. The normalized spacial score (nSPS) is 26.5. The molecule has 6 heteroatoms. The van der Waals surface area contributed by atoms with Crippen LogP contribution < -0.4 is 0 Å². The van der Waals surface area contributed by atoms with Gasteiger partial charge >= 0.3 is 0 Å². The SMILES string of the molecule is CCN1C[C@]2(COCCN(Cc3cccc(C)n3)C2)OCC1=O. The Morgan fingerprint density at radius 3 is 3.00 bits per heavy atom. The summed E-state index contributed by atoms with van der Waals surface area (Å²) in [5.74, 6) is 0.0641. The fourth-order valence-corrected chi connectivity index (χ4v) is 3.29. The number of pyridine rings is 1. The molecule has 1 aromatic heterocycles. The summed E-state index contributed by atoms with van der Waals surface area (Å²) in [4.78, 5) is 20.7. The molecule has 0 bridgehead atoms. The Labute approximate surface area is 137 Å². The number of nitrogens with zero attached hydrogens (tertiary/aromatic N) is 3. The summed E-state index contributed by atoms with van der Waals surface area (Å²) in [6.45, 7) is 9.06. The number of rotatable bonds is 3. The highest BCUT2D eigenvalue weighted by Crippen LogP contribution is 2.23. The van der Waals surface area contributed by atoms with Gasteiger partial charge in [-0.2, -0.15) is 0 Å². The molecule has 2 aliphatic rings. The minimum Gasteiger partial charge on any atom is -0.377 e. The van der Waals surface area contributed by atoms with E-state index in [1.165, 1.54) is 0 Å². The lowest BCUT2D eigenvalue weighted by atomic mass is 10.0. The minimum atomic E-state index is -0.426. The summed E-state index contributed by atoms with van der Waals surface area (Å²) in [7, 11) is 0. The van der Waals surface area contributed by atoms with Crippen LogP contribution in [-0.4, -0.2) is 72.3 Å². The average molecular weight is 319 g/mol. The maximum Gasteiger partial charge on any atom is 0.248 e. The zero-order valence-corrected chi connectivity index (χ0v) is 14.0. The highest BCUT2D eigenvalue weighted by atomic mass is 16.6. The van der Waals surface area contributed by atoms with E-state index < -0.39 is 5.60 Å². The Morgan fingerprint density at radius 1 is 1.35 bits per heavy atom. The first kappa shape index (κ1) is 16.4. The number of hydrogen-bond donors (Lipinski definition) is 0. The number of carbonyl (C=O) groups is 1. The summed E-state index contributed by atoms with van der Waals surface area (Å²) in [6.07, 6.45) is 0. The van der Waals surface area contributed by atoms with Crippen molar-refractivity contribution in [2.45, 2.75) is 26.0 Å². The van der Waals surface area contributed by atoms with Gasteiger partial charge in [-0.15, -0.1) is 0 Å². The Morgan fingerprint density at radius 2 is 2.22 bits per heavy atom. The molecule has 3 heterocycles. The van der Waals surface area contributed by atoms with Crippen molar-refractivity contribution in [3.8, 4) is 0 Å². The second kappa shape index (κ2) is 6.95. The summed E-state index contributed by atoms with van der Waals surface area (Å²) >= 11 is 0. The molecule has 1 atom stereocenters. The van der Waals surface area contributed by atoms with Crippen LogP contribution in [0.1, 0.15) is 18.3 Å². The maximum atomic E-state index is 11.9. The van der Waals surface area contributed by atoms with E-state index in [0.717, 1.165) is 31.0 Å². The van der Waals surface area contributed by atoms with E-state index in [9.17, 15) is 4.79 Å². The van der Waals surface area contributed by atoms with Crippen molar-refractivity contribution in [2.75, 3.05) is 46.0 Å². The standard InChI is InChI=1S/C17H25N3O3/c1-3-20-12-17(23-10-16(20)21)11-19(7-8-22-13-17)9-15-6-4-5-14(2)18-15/h4-6H,3,7-13H2,1-2H3/t17-/m1/s1. The van der Waals surface area contributed by atoms with Gasteiger partial charge in [-0.25, -0.2) is 0 Å². The molecule has 0 N–H and O–H groups in total. The molecule has 23 heavy (non-hydrogen) atoms. The number of carbonyl (C=O) groups excluding carboxylic acids is 1. The molecule has 1 aromatic rings. The lowest BCUT2D eigenvalue weighted by Crippen LogP contribution is -2.60. The summed E-state index contributed by atoms with van der Waals surface area (Å²) < 4.78 is 11.7. The first-order chi connectivity index (χ1) is 11.1. The quantitative estimate of drug-likeness (QED) is 0.826. The molecule has 3 rings (SSSR count). The van der Waals surface area contributed by atoms with Crippen LogP contribution in [0.4, 0.5) is 0 Å². The van der Waals surface area contributed by atoms with Crippen molar-refractivity contribution in [2.24, 2.45) is 0 Å². The second-order valence-corrected chi connectivity index (χ2v) is 6.41. The van der Waals surface area contributed by atoms with Crippen LogP contribution in [0, 0.1) is 6.92 Å². The number of aromatic nitrogens is 1. The largest absolute Gasteiger partial charge is 0.377 e. The Bertz CT molecular complexity index is 566. The first-order valence-electron chi connectivity index (χ1n) is 8.25. The predicted molar refractivity (Wildman–Crippen MR) is 86.0 cm³/mol. The molecule has 0 radical (unpaired) electrons. The van der Waals surface area contributed by atoms with Gasteiger partial charge in [0.05, 0.1) is 25.5 Å². The van der Waals surface area contributed by atoms with Crippen LogP contribution in [0.3, 0.4) is 0 Å². The van der Waals surface area contributed by atoms with Gasteiger partial charge in [-0.05, 0) is 26.0 Å². The van der Waals surface area contributed by atoms with E-state index in [0.29, 0.717) is 26.3 Å². The molecule has 1 amide bonds. The monoisotopic (exact) mass is 319 g/mol. The van der Waals surface area contributed by atoms with E-state index in [2.05, 4.69) is 16.0 Å². The van der Waals surface area contributed by atoms with Gasteiger partial charge < -0.3 is 14.4 Å². The lowest BCUT2D eigenvalue weighted by Gasteiger charge is -2.42. The maximum absolute atomic E-state index is 11.9. The fourth-order valence-electron chi connectivity index (χ4n) is 3.29. The molecular weight excluding hydrogens is 294 g/mol. The third-order valence-corrected chi connectivity index (χ3v) is 4.48. The van der Waals surface area contributed by atoms with Crippen LogP contribution >= 0.6 is 0 Å². The lowest BCUT2D eigenvalue weighted by molar-refractivity contribution is -0.172. The van der Waals surface area contributed by atoms with Gasteiger partial charge in [-0.1, -0.05) is 6.07 Å². The Kier molecular flexibility index (Phi) is 4.94. The molecule has 2 saturated heterocycles. The van der Waals surface area contributed by atoms with Crippen molar-refractivity contribution in [3.63, 3.8) is 0 Å². The van der Waals surface area contributed by atoms with Gasteiger partial charge in [0.15, 0.2) is 0 Å². The predicted octanol–water partition coefficient (Wildman–Crippen LogP) is 0.840. The highest BCUT2D eigenvalue weighted by molar-refractivity contribution is 5.78. The first-order valence-corrected chi connectivity index (χ1v) is 8.25. The van der Waals surface area contributed by atoms with Crippen molar-refractivity contribution < 1.29 is 14.3 Å². The third kappa shape index (κ3) is 3.88. The topological polar surface area (TPSA) is 54.9 Å². The average Bonchev–Trinajstić information content (AvgIpc) is 2.72. The van der Waals surface area contributed by atoms with Gasteiger partial charge in [0.1, 0.15) is 12.2 Å². The Hall–Kier alpha value is -1.50. The van der Waals surface area contributed by atoms with E-state index in [1.807, 2.05) is 30.9 Å². The molecule has 0 unspecified atom stereocenters. The molecule has 0 aliphatic carbocycles. The zero-order chi connectivity index (χ0) is 16.3. The van der Waals surface area contributed by atoms with E-state index >= 15 is 0 Å². The van der Waals surface area contributed by atoms with Gasteiger partial charge in [0.2, 0.25) is 5.91 Å². The van der Waals surface area contributed by atoms with E-state index in [4.69, 9.17) is 9.47 Å². The summed E-state index contributed by atoms with van der Waals surface area (Å²) in [5.41, 5.74) is 1.66. The van der Waals surface area contributed by atoms with Crippen molar-refractivity contribution >= 4 is 5.91 Å². The zero-order valence-electron chi connectivity index (χ0n) is 14.0. The van der Waals surface area contributed by atoms with Gasteiger partial charge in [0, 0.05) is 31.9 Å². The van der Waals surface area contributed by atoms with E-state index in [1.54, 1.807) is 0 Å².